The number of hydrazone groups is 1. The Labute approximate surface area is 143 Å². The molecule has 2 rings (SSSR count). The first-order valence-corrected chi connectivity index (χ1v) is 8.10. The smallest absolute Gasteiger partial charge is 0.272 e. The molecule has 0 aliphatic rings. The van der Waals surface area contributed by atoms with E-state index >= 15 is 0 Å². The zero-order chi connectivity index (χ0) is 15.8. The summed E-state index contributed by atoms with van der Waals surface area (Å²) in [5.41, 5.74) is 3.98. The van der Waals surface area contributed by atoms with Crippen molar-refractivity contribution in [1.29, 1.82) is 0 Å². The van der Waals surface area contributed by atoms with Crippen molar-refractivity contribution in [2.24, 2.45) is 5.10 Å². The SMILES string of the molecule is CCCOc1ccccc1/C=N/NC(=O)c1ccccc1I. The van der Waals surface area contributed by atoms with Gasteiger partial charge in [-0.3, -0.25) is 4.79 Å². The Morgan fingerprint density at radius 2 is 1.95 bits per heavy atom. The molecular formula is C17H17IN2O2. The highest BCUT2D eigenvalue weighted by Gasteiger charge is 2.07. The summed E-state index contributed by atoms with van der Waals surface area (Å²) in [5.74, 6) is 0.532. The van der Waals surface area contributed by atoms with Crippen LogP contribution in [0.15, 0.2) is 53.6 Å². The van der Waals surface area contributed by atoms with Crippen LogP contribution >= 0.6 is 22.6 Å². The molecule has 0 aliphatic carbocycles. The Balaban J connectivity index is 2.04. The maximum Gasteiger partial charge on any atom is 0.272 e. The van der Waals surface area contributed by atoms with Crippen LogP contribution in [0.25, 0.3) is 0 Å². The Morgan fingerprint density at radius 1 is 1.23 bits per heavy atom. The zero-order valence-electron chi connectivity index (χ0n) is 12.3. The van der Waals surface area contributed by atoms with Crippen LogP contribution in [-0.4, -0.2) is 18.7 Å². The van der Waals surface area contributed by atoms with Crippen molar-refractivity contribution in [3.63, 3.8) is 0 Å². The van der Waals surface area contributed by atoms with Gasteiger partial charge in [0.25, 0.3) is 5.91 Å². The van der Waals surface area contributed by atoms with Crippen molar-refractivity contribution in [1.82, 2.24) is 5.43 Å². The minimum absolute atomic E-state index is 0.229. The third-order valence-electron chi connectivity index (χ3n) is 2.87. The fourth-order valence-electron chi connectivity index (χ4n) is 1.80. The molecule has 0 atom stereocenters. The minimum Gasteiger partial charge on any atom is -0.493 e. The second-order valence-corrected chi connectivity index (χ2v) is 5.73. The van der Waals surface area contributed by atoms with E-state index in [2.05, 4.69) is 40.0 Å². The highest BCUT2D eigenvalue weighted by atomic mass is 127. The zero-order valence-corrected chi connectivity index (χ0v) is 14.4. The van der Waals surface area contributed by atoms with Crippen molar-refractivity contribution in [3.05, 3.63) is 63.2 Å². The Bertz CT molecular complexity index is 671. The maximum absolute atomic E-state index is 12.1. The number of nitrogens with zero attached hydrogens (tertiary/aromatic N) is 1. The van der Waals surface area contributed by atoms with Crippen molar-refractivity contribution >= 4 is 34.7 Å². The predicted molar refractivity (Wildman–Crippen MR) is 96.4 cm³/mol. The van der Waals surface area contributed by atoms with Gasteiger partial charge in [0.1, 0.15) is 5.75 Å². The van der Waals surface area contributed by atoms with Crippen molar-refractivity contribution in [2.75, 3.05) is 6.61 Å². The summed E-state index contributed by atoms with van der Waals surface area (Å²) < 4.78 is 6.53. The van der Waals surface area contributed by atoms with Gasteiger partial charge < -0.3 is 4.74 Å². The van der Waals surface area contributed by atoms with E-state index in [0.717, 1.165) is 21.3 Å². The van der Waals surface area contributed by atoms with Gasteiger partial charge in [-0.2, -0.15) is 5.10 Å². The molecule has 2 aromatic rings. The van der Waals surface area contributed by atoms with Gasteiger partial charge in [0, 0.05) is 9.13 Å². The number of amides is 1. The average molecular weight is 408 g/mol. The Kier molecular flexibility index (Phi) is 6.39. The average Bonchev–Trinajstić information content (AvgIpc) is 2.54. The third kappa shape index (κ3) is 4.56. The normalized spacial score (nSPS) is 10.6. The van der Waals surface area contributed by atoms with Gasteiger partial charge >= 0.3 is 0 Å². The standard InChI is InChI=1S/C17H17IN2O2/c1-2-11-22-16-10-6-3-7-13(16)12-19-20-17(21)14-8-4-5-9-15(14)18/h3-10,12H,2,11H2,1H3,(H,20,21)/b19-12+. The summed E-state index contributed by atoms with van der Waals surface area (Å²) in [6, 6.07) is 15.0. The van der Waals surface area contributed by atoms with E-state index in [1.165, 1.54) is 0 Å². The van der Waals surface area contributed by atoms with E-state index in [9.17, 15) is 4.79 Å². The number of carbonyl (C=O) groups is 1. The van der Waals surface area contributed by atoms with Crippen LogP contribution in [0.1, 0.15) is 29.3 Å². The number of benzene rings is 2. The second-order valence-electron chi connectivity index (χ2n) is 4.57. The molecule has 0 unspecified atom stereocenters. The fourth-order valence-corrected chi connectivity index (χ4v) is 2.43. The monoisotopic (exact) mass is 408 g/mol. The van der Waals surface area contributed by atoms with Crippen LogP contribution in [0.2, 0.25) is 0 Å². The first-order valence-electron chi connectivity index (χ1n) is 7.02. The Morgan fingerprint density at radius 3 is 2.73 bits per heavy atom. The van der Waals surface area contributed by atoms with Gasteiger partial charge in [-0.25, -0.2) is 5.43 Å². The van der Waals surface area contributed by atoms with Crippen LogP contribution in [-0.2, 0) is 0 Å². The summed E-state index contributed by atoms with van der Waals surface area (Å²) in [6.45, 7) is 2.71. The summed E-state index contributed by atoms with van der Waals surface area (Å²) in [6.07, 6.45) is 2.54. The lowest BCUT2D eigenvalue weighted by atomic mass is 10.2. The van der Waals surface area contributed by atoms with Crippen molar-refractivity contribution in [3.8, 4) is 5.75 Å². The molecule has 0 bridgehead atoms. The molecule has 0 spiro atoms. The highest BCUT2D eigenvalue weighted by molar-refractivity contribution is 14.1. The number of nitrogens with one attached hydrogen (secondary N) is 1. The van der Waals surface area contributed by atoms with Crippen LogP contribution in [0.5, 0.6) is 5.75 Å². The quantitative estimate of drug-likeness (QED) is 0.449. The van der Waals surface area contributed by atoms with Crippen molar-refractivity contribution in [2.45, 2.75) is 13.3 Å². The molecular weight excluding hydrogens is 391 g/mol. The Hall–Kier alpha value is -1.89. The molecule has 0 aliphatic heterocycles. The molecule has 114 valence electrons. The van der Waals surface area contributed by atoms with Gasteiger partial charge in [0.05, 0.1) is 18.4 Å². The molecule has 1 amide bonds. The van der Waals surface area contributed by atoms with E-state index in [-0.39, 0.29) is 5.91 Å². The van der Waals surface area contributed by atoms with Gasteiger partial charge in [0.15, 0.2) is 0 Å². The summed E-state index contributed by atoms with van der Waals surface area (Å²) >= 11 is 2.13. The van der Waals surface area contributed by atoms with Gasteiger partial charge in [-0.1, -0.05) is 31.2 Å². The van der Waals surface area contributed by atoms with Gasteiger partial charge in [0.2, 0.25) is 0 Å². The van der Waals surface area contributed by atoms with E-state index in [4.69, 9.17) is 4.74 Å². The molecule has 4 nitrogen and oxygen atoms in total. The lowest BCUT2D eigenvalue weighted by molar-refractivity contribution is 0.0954. The van der Waals surface area contributed by atoms with Gasteiger partial charge in [-0.05, 0) is 53.3 Å². The molecule has 0 fully saturated rings. The molecule has 0 saturated heterocycles. The number of rotatable bonds is 6. The van der Waals surface area contributed by atoms with Crippen LogP contribution in [0.4, 0.5) is 0 Å². The molecule has 5 heteroatoms. The molecule has 0 heterocycles. The summed E-state index contributed by atoms with van der Waals surface area (Å²) in [4.78, 5) is 12.1. The first-order chi connectivity index (χ1) is 10.7. The number of hydrogen-bond acceptors (Lipinski definition) is 3. The molecule has 0 saturated carbocycles. The van der Waals surface area contributed by atoms with E-state index in [1.54, 1.807) is 12.3 Å². The fraction of sp³-hybridized carbons (Fsp3) is 0.176. The molecule has 0 radical (unpaired) electrons. The van der Waals surface area contributed by atoms with E-state index < -0.39 is 0 Å². The van der Waals surface area contributed by atoms with E-state index in [1.807, 2.05) is 42.5 Å². The lowest BCUT2D eigenvalue weighted by Crippen LogP contribution is -2.18. The topological polar surface area (TPSA) is 50.7 Å². The van der Waals surface area contributed by atoms with E-state index in [0.29, 0.717) is 12.2 Å². The maximum atomic E-state index is 12.1. The largest absolute Gasteiger partial charge is 0.493 e. The summed E-state index contributed by atoms with van der Waals surface area (Å²) in [5, 5.41) is 4.02. The molecule has 1 N–H and O–H groups in total. The number of ether oxygens (including phenoxy) is 1. The lowest BCUT2D eigenvalue weighted by Gasteiger charge is -2.07. The van der Waals surface area contributed by atoms with Crippen LogP contribution < -0.4 is 10.2 Å². The third-order valence-corrected chi connectivity index (χ3v) is 3.81. The predicted octanol–water partition coefficient (Wildman–Crippen LogP) is 3.84. The first kappa shape index (κ1) is 16.5. The number of hydrogen-bond donors (Lipinski definition) is 1. The second kappa shape index (κ2) is 8.53. The van der Waals surface area contributed by atoms with Crippen LogP contribution in [0, 0.1) is 3.57 Å². The van der Waals surface area contributed by atoms with Gasteiger partial charge in [-0.15, -0.1) is 0 Å². The van der Waals surface area contributed by atoms with Crippen molar-refractivity contribution < 1.29 is 9.53 Å². The molecule has 0 aromatic heterocycles. The molecule has 2 aromatic carbocycles. The number of halogens is 1. The summed E-state index contributed by atoms with van der Waals surface area (Å²) in [7, 11) is 0. The number of para-hydroxylation sites is 1. The minimum atomic E-state index is -0.229. The van der Waals surface area contributed by atoms with Crippen LogP contribution in [0.3, 0.4) is 0 Å². The highest BCUT2D eigenvalue weighted by Crippen LogP contribution is 2.16. The number of carbonyl (C=O) groups excluding carboxylic acids is 1. The molecule has 22 heavy (non-hydrogen) atoms.